The lowest BCUT2D eigenvalue weighted by Crippen LogP contribution is -2.20. The summed E-state index contributed by atoms with van der Waals surface area (Å²) in [6.07, 6.45) is 1.15. The molecule has 0 saturated heterocycles. The van der Waals surface area contributed by atoms with E-state index in [-0.39, 0.29) is 0 Å². The predicted molar refractivity (Wildman–Crippen MR) is 82.7 cm³/mol. The van der Waals surface area contributed by atoms with Gasteiger partial charge in [0, 0.05) is 25.5 Å². The Kier molecular flexibility index (Phi) is 4.74. The first kappa shape index (κ1) is 13.8. The number of pyridine rings is 1. The van der Waals surface area contributed by atoms with Crippen molar-refractivity contribution in [1.29, 1.82) is 0 Å². The Morgan fingerprint density at radius 3 is 2.74 bits per heavy atom. The smallest absolute Gasteiger partial charge is 0.136 e. The first-order valence-corrected chi connectivity index (χ1v) is 7.06. The molecule has 0 aliphatic rings. The second-order valence-electron chi connectivity index (χ2n) is 4.85. The predicted octanol–water partition coefficient (Wildman–Crippen LogP) is 3.19. The molecule has 1 N–H and O–H groups in total. The van der Waals surface area contributed by atoms with Crippen LogP contribution in [-0.2, 0) is 6.54 Å². The molecule has 19 heavy (non-hydrogen) atoms. The van der Waals surface area contributed by atoms with Gasteiger partial charge in [-0.3, -0.25) is 0 Å². The zero-order valence-corrected chi connectivity index (χ0v) is 12.1. The fourth-order valence-corrected chi connectivity index (χ4v) is 2.16. The highest BCUT2D eigenvalue weighted by molar-refractivity contribution is 5.92. The number of fused-ring (bicyclic) bond motifs is 1. The van der Waals surface area contributed by atoms with Crippen molar-refractivity contribution in [1.82, 2.24) is 10.3 Å². The summed E-state index contributed by atoms with van der Waals surface area (Å²) in [5.74, 6) is 1.08. The Labute approximate surface area is 115 Å². The normalized spacial score (nSPS) is 10.9. The molecule has 3 heteroatoms. The molecule has 0 radical (unpaired) electrons. The van der Waals surface area contributed by atoms with Crippen molar-refractivity contribution in [2.45, 2.75) is 26.8 Å². The van der Waals surface area contributed by atoms with E-state index in [1.165, 1.54) is 10.8 Å². The molecule has 2 aromatic rings. The Morgan fingerprint density at radius 1 is 1.21 bits per heavy atom. The van der Waals surface area contributed by atoms with E-state index in [9.17, 15) is 0 Å². The van der Waals surface area contributed by atoms with Gasteiger partial charge in [-0.25, -0.2) is 4.98 Å². The summed E-state index contributed by atoms with van der Waals surface area (Å²) in [7, 11) is 2.10. The zero-order valence-electron chi connectivity index (χ0n) is 12.1. The minimum atomic E-state index is 0.837. The Morgan fingerprint density at radius 2 is 2.00 bits per heavy atom. The molecule has 1 aromatic carbocycles. The van der Waals surface area contributed by atoms with Crippen LogP contribution in [0.1, 0.15) is 26.0 Å². The van der Waals surface area contributed by atoms with Crippen LogP contribution < -0.4 is 10.2 Å². The average molecular weight is 257 g/mol. The van der Waals surface area contributed by atoms with Crippen LogP contribution >= 0.6 is 0 Å². The lowest BCUT2D eigenvalue weighted by atomic mass is 10.1. The van der Waals surface area contributed by atoms with Gasteiger partial charge < -0.3 is 10.2 Å². The van der Waals surface area contributed by atoms with Crippen LogP contribution in [0.5, 0.6) is 0 Å². The fraction of sp³-hybridized carbons (Fsp3) is 0.438. The van der Waals surface area contributed by atoms with Crippen LogP contribution in [-0.4, -0.2) is 25.1 Å². The Hall–Kier alpha value is -1.61. The van der Waals surface area contributed by atoms with Gasteiger partial charge in [-0.15, -0.1) is 0 Å². The van der Waals surface area contributed by atoms with Crippen molar-refractivity contribution in [3.8, 4) is 0 Å². The summed E-state index contributed by atoms with van der Waals surface area (Å²) >= 11 is 0. The van der Waals surface area contributed by atoms with Crippen LogP contribution in [0.3, 0.4) is 0 Å². The number of nitrogens with zero attached hydrogens (tertiary/aromatic N) is 2. The van der Waals surface area contributed by atoms with Crippen molar-refractivity contribution < 1.29 is 0 Å². The number of hydrogen-bond acceptors (Lipinski definition) is 3. The SMILES string of the molecule is CCCNCc1cc2ccccc2c(N(C)CC)n1. The van der Waals surface area contributed by atoms with Crippen LogP contribution in [0.4, 0.5) is 5.82 Å². The van der Waals surface area contributed by atoms with Crippen molar-refractivity contribution >= 4 is 16.6 Å². The molecule has 102 valence electrons. The summed E-state index contributed by atoms with van der Waals surface area (Å²) in [4.78, 5) is 7.01. The number of aromatic nitrogens is 1. The highest BCUT2D eigenvalue weighted by Gasteiger charge is 2.08. The molecule has 0 bridgehead atoms. The van der Waals surface area contributed by atoms with E-state index in [0.717, 1.165) is 37.6 Å². The molecule has 0 aliphatic carbocycles. The highest BCUT2D eigenvalue weighted by atomic mass is 15.2. The van der Waals surface area contributed by atoms with Gasteiger partial charge in [0.1, 0.15) is 5.82 Å². The van der Waals surface area contributed by atoms with Crippen LogP contribution in [0.2, 0.25) is 0 Å². The second-order valence-corrected chi connectivity index (χ2v) is 4.85. The molecule has 0 aliphatic heterocycles. The maximum Gasteiger partial charge on any atom is 0.136 e. The van der Waals surface area contributed by atoms with Gasteiger partial charge in [-0.05, 0) is 31.3 Å². The van der Waals surface area contributed by atoms with Crippen LogP contribution in [0.15, 0.2) is 30.3 Å². The van der Waals surface area contributed by atoms with E-state index in [2.05, 4.69) is 61.4 Å². The van der Waals surface area contributed by atoms with E-state index >= 15 is 0 Å². The van der Waals surface area contributed by atoms with Gasteiger partial charge in [0.05, 0.1) is 5.69 Å². The highest BCUT2D eigenvalue weighted by Crippen LogP contribution is 2.24. The summed E-state index contributed by atoms with van der Waals surface area (Å²) in [5, 5.41) is 5.91. The van der Waals surface area contributed by atoms with Gasteiger partial charge in [0.25, 0.3) is 0 Å². The summed E-state index contributed by atoms with van der Waals surface area (Å²) in [5.41, 5.74) is 1.11. The lowest BCUT2D eigenvalue weighted by Gasteiger charge is -2.19. The molecule has 0 unspecified atom stereocenters. The summed E-state index contributed by atoms with van der Waals surface area (Å²) in [6.45, 7) is 7.16. The molecule has 1 heterocycles. The van der Waals surface area contributed by atoms with Crippen molar-refractivity contribution in [2.75, 3.05) is 25.0 Å². The second kappa shape index (κ2) is 6.53. The monoisotopic (exact) mass is 257 g/mol. The van der Waals surface area contributed by atoms with Gasteiger partial charge in [0.2, 0.25) is 0 Å². The van der Waals surface area contributed by atoms with Gasteiger partial charge in [-0.1, -0.05) is 31.2 Å². The Bertz CT molecular complexity index is 537. The molecular formula is C16H23N3. The van der Waals surface area contributed by atoms with Gasteiger partial charge in [-0.2, -0.15) is 0 Å². The molecule has 0 fully saturated rings. The molecule has 1 aromatic heterocycles. The number of nitrogens with one attached hydrogen (secondary N) is 1. The third-order valence-corrected chi connectivity index (χ3v) is 3.34. The standard InChI is InChI=1S/C16H23N3/c1-4-10-17-12-14-11-13-8-6-7-9-15(13)16(18-14)19(3)5-2/h6-9,11,17H,4-5,10,12H2,1-3H3. The van der Waals surface area contributed by atoms with Crippen LogP contribution in [0.25, 0.3) is 10.8 Å². The van der Waals surface area contributed by atoms with E-state index in [1.54, 1.807) is 0 Å². The van der Waals surface area contributed by atoms with Crippen molar-refractivity contribution in [3.63, 3.8) is 0 Å². The molecule has 0 atom stereocenters. The van der Waals surface area contributed by atoms with Crippen LogP contribution in [0, 0.1) is 0 Å². The zero-order chi connectivity index (χ0) is 13.7. The van der Waals surface area contributed by atoms with E-state index in [0.29, 0.717) is 0 Å². The number of hydrogen-bond donors (Lipinski definition) is 1. The minimum Gasteiger partial charge on any atom is -0.359 e. The third-order valence-electron chi connectivity index (χ3n) is 3.34. The topological polar surface area (TPSA) is 28.2 Å². The number of rotatable bonds is 6. The fourth-order valence-electron chi connectivity index (χ4n) is 2.16. The first-order chi connectivity index (χ1) is 9.26. The lowest BCUT2D eigenvalue weighted by molar-refractivity contribution is 0.664. The van der Waals surface area contributed by atoms with Crippen molar-refractivity contribution in [2.24, 2.45) is 0 Å². The average Bonchev–Trinajstić information content (AvgIpc) is 2.46. The molecule has 0 spiro atoms. The molecular weight excluding hydrogens is 234 g/mol. The molecule has 0 amide bonds. The third kappa shape index (κ3) is 3.24. The molecule has 3 nitrogen and oxygen atoms in total. The maximum absolute atomic E-state index is 4.81. The number of anilines is 1. The van der Waals surface area contributed by atoms with E-state index in [1.807, 2.05) is 0 Å². The first-order valence-electron chi connectivity index (χ1n) is 7.06. The number of benzene rings is 1. The quantitative estimate of drug-likeness (QED) is 0.806. The summed E-state index contributed by atoms with van der Waals surface area (Å²) in [6, 6.07) is 10.7. The van der Waals surface area contributed by atoms with E-state index < -0.39 is 0 Å². The van der Waals surface area contributed by atoms with Crippen molar-refractivity contribution in [3.05, 3.63) is 36.0 Å². The maximum atomic E-state index is 4.81. The van der Waals surface area contributed by atoms with Gasteiger partial charge in [0.15, 0.2) is 0 Å². The minimum absolute atomic E-state index is 0.837. The molecule has 0 saturated carbocycles. The largest absolute Gasteiger partial charge is 0.359 e. The van der Waals surface area contributed by atoms with E-state index in [4.69, 9.17) is 4.98 Å². The summed E-state index contributed by atoms with van der Waals surface area (Å²) < 4.78 is 0. The van der Waals surface area contributed by atoms with Gasteiger partial charge >= 0.3 is 0 Å². The Balaban J connectivity index is 2.38. The molecule has 2 rings (SSSR count).